The smallest absolute Gasteiger partial charge is 0.0474 e. The highest BCUT2D eigenvalue weighted by Crippen LogP contribution is 2.26. The van der Waals surface area contributed by atoms with Crippen molar-refractivity contribution in [3.8, 4) is 0 Å². The Morgan fingerprint density at radius 2 is 1.93 bits per heavy atom. The lowest BCUT2D eigenvalue weighted by Crippen LogP contribution is -2.46. The molecule has 3 N–H and O–H groups in total. The van der Waals surface area contributed by atoms with Crippen molar-refractivity contribution in [2.24, 2.45) is 5.92 Å². The van der Waals surface area contributed by atoms with E-state index in [2.05, 4.69) is 10.6 Å². The standard InChI is InChI=1S/C11H22N2O/c14-8-9-2-1-3-11(9)13-10-4-6-12-7-5-10/h9-14H,1-8H2/t9-,11-/m0/s1. The van der Waals surface area contributed by atoms with E-state index in [0.717, 1.165) is 13.1 Å². The number of nitrogens with one attached hydrogen (secondary N) is 2. The first-order chi connectivity index (χ1) is 6.90. The fourth-order valence-corrected chi connectivity index (χ4v) is 2.77. The zero-order valence-corrected chi connectivity index (χ0v) is 8.84. The third-order valence-corrected chi connectivity index (χ3v) is 3.68. The van der Waals surface area contributed by atoms with Gasteiger partial charge in [-0.05, 0) is 44.7 Å². The molecule has 1 aliphatic heterocycles. The summed E-state index contributed by atoms with van der Waals surface area (Å²) in [4.78, 5) is 0. The van der Waals surface area contributed by atoms with Gasteiger partial charge in [0.05, 0.1) is 0 Å². The van der Waals surface area contributed by atoms with E-state index in [0.29, 0.717) is 24.6 Å². The number of aliphatic hydroxyl groups excluding tert-OH is 1. The van der Waals surface area contributed by atoms with Crippen molar-refractivity contribution in [1.29, 1.82) is 0 Å². The Bertz CT molecular complexity index is 169. The molecule has 0 aromatic rings. The van der Waals surface area contributed by atoms with Gasteiger partial charge in [0.15, 0.2) is 0 Å². The minimum absolute atomic E-state index is 0.364. The molecule has 2 fully saturated rings. The first-order valence-corrected chi connectivity index (χ1v) is 5.98. The van der Waals surface area contributed by atoms with Crippen LogP contribution in [0.15, 0.2) is 0 Å². The molecule has 0 unspecified atom stereocenters. The molecule has 1 saturated carbocycles. The molecule has 1 heterocycles. The summed E-state index contributed by atoms with van der Waals surface area (Å²) in [5.41, 5.74) is 0. The van der Waals surface area contributed by atoms with Crippen molar-refractivity contribution >= 4 is 0 Å². The average Bonchev–Trinajstić information content (AvgIpc) is 2.67. The van der Waals surface area contributed by atoms with Gasteiger partial charge in [-0.25, -0.2) is 0 Å². The molecule has 3 heteroatoms. The topological polar surface area (TPSA) is 44.3 Å². The molecule has 0 bridgehead atoms. The van der Waals surface area contributed by atoms with Gasteiger partial charge in [0, 0.05) is 18.7 Å². The van der Waals surface area contributed by atoms with Gasteiger partial charge in [0.25, 0.3) is 0 Å². The monoisotopic (exact) mass is 198 g/mol. The molecule has 0 aromatic heterocycles. The van der Waals surface area contributed by atoms with Crippen LogP contribution >= 0.6 is 0 Å². The quantitative estimate of drug-likeness (QED) is 0.618. The van der Waals surface area contributed by atoms with E-state index in [-0.39, 0.29) is 0 Å². The minimum Gasteiger partial charge on any atom is -0.396 e. The van der Waals surface area contributed by atoms with Crippen molar-refractivity contribution in [3.63, 3.8) is 0 Å². The van der Waals surface area contributed by atoms with E-state index in [4.69, 9.17) is 0 Å². The molecule has 0 spiro atoms. The Kier molecular flexibility index (Phi) is 3.79. The molecule has 1 saturated heterocycles. The molecule has 2 rings (SSSR count). The van der Waals surface area contributed by atoms with Crippen LogP contribution < -0.4 is 10.6 Å². The van der Waals surface area contributed by atoms with E-state index < -0.39 is 0 Å². The lowest BCUT2D eigenvalue weighted by Gasteiger charge is -2.29. The van der Waals surface area contributed by atoms with E-state index >= 15 is 0 Å². The van der Waals surface area contributed by atoms with E-state index in [1.165, 1.54) is 32.1 Å². The van der Waals surface area contributed by atoms with Crippen LogP contribution in [0.3, 0.4) is 0 Å². The normalized spacial score (nSPS) is 34.9. The van der Waals surface area contributed by atoms with Gasteiger partial charge in [-0.1, -0.05) is 6.42 Å². The largest absolute Gasteiger partial charge is 0.396 e. The predicted octanol–water partition coefficient (Wildman–Crippen LogP) is 0.489. The minimum atomic E-state index is 0.364. The van der Waals surface area contributed by atoms with Crippen LogP contribution in [0.25, 0.3) is 0 Å². The Hall–Kier alpha value is -0.120. The summed E-state index contributed by atoms with van der Waals surface area (Å²) >= 11 is 0. The fourth-order valence-electron chi connectivity index (χ4n) is 2.77. The zero-order chi connectivity index (χ0) is 9.80. The second kappa shape index (κ2) is 5.10. The summed E-state index contributed by atoms with van der Waals surface area (Å²) in [6.07, 6.45) is 6.24. The number of hydrogen-bond acceptors (Lipinski definition) is 3. The molecule has 2 atom stereocenters. The Labute approximate surface area is 86.3 Å². The van der Waals surface area contributed by atoms with Crippen LogP contribution in [0.4, 0.5) is 0 Å². The van der Waals surface area contributed by atoms with Crippen molar-refractivity contribution in [2.45, 2.75) is 44.2 Å². The summed E-state index contributed by atoms with van der Waals surface area (Å²) in [7, 11) is 0. The van der Waals surface area contributed by atoms with Gasteiger partial charge in [0.1, 0.15) is 0 Å². The first kappa shape index (κ1) is 10.4. The molecule has 14 heavy (non-hydrogen) atoms. The summed E-state index contributed by atoms with van der Waals surface area (Å²) in [6.45, 7) is 2.66. The van der Waals surface area contributed by atoms with Crippen LogP contribution in [-0.2, 0) is 0 Å². The van der Waals surface area contributed by atoms with E-state index in [1.807, 2.05) is 0 Å². The predicted molar refractivity (Wildman–Crippen MR) is 57.2 cm³/mol. The molecule has 82 valence electrons. The Morgan fingerprint density at radius 3 is 2.64 bits per heavy atom. The van der Waals surface area contributed by atoms with Gasteiger partial charge < -0.3 is 15.7 Å². The van der Waals surface area contributed by atoms with Gasteiger partial charge in [-0.15, -0.1) is 0 Å². The molecule has 2 aliphatic rings. The summed E-state index contributed by atoms with van der Waals surface area (Å²) in [5, 5.41) is 16.3. The second-order valence-corrected chi connectivity index (χ2v) is 4.67. The van der Waals surface area contributed by atoms with Crippen molar-refractivity contribution in [3.05, 3.63) is 0 Å². The maximum absolute atomic E-state index is 9.21. The highest BCUT2D eigenvalue weighted by atomic mass is 16.3. The Morgan fingerprint density at radius 1 is 1.14 bits per heavy atom. The van der Waals surface area contributed by atoms with E-state index in [9.17, 15) is 5.11 Å². The highest BCUT2D eigenvalue weighted by Gasteiger charge is 2.28. The molecular weight excluding hydrogens is 176 g/mol. The molecule has 1 aliphatic carbocycles. The maximum atomic E-state index is 9.21. The molecule has 0 radical (unpaired) electrons. The fraction of sp³-hybridized carbons (Fsp3) is 1.00. The lowest BCUT2D eigenvalue weighted by molar-refractivity contribution is 0.194. The second-order valence-electron chi connectivity index (χ2n) is 4.67. The van der Waals surface area contributed by atoms with Gasteiger partial charge >= 0.3 is 0 Å². The van der Waals surface area contributed by atoms with Gasteiger partial charge in [-0.3, -0.25) is 0 Å². The van der Waals surface area contributed by atoms with Crippen molar-refractivity contribution in [1.82, 2.24) is 10.6 Å². The van der Waals surface area contributed by atoms with Crippen molar-refractivity contribution < 1.29 is 5.11 Å². The number of hydrogen-bond donors (Lipinski definition) is 3. The number of aliphatic hydroxyl groups is 1. The molecular formula is C11H22N2O. The highest BCUT2D eigenvalue weighted by molar-refractivity contribution is 4.86. The van der Waals surface area contributed by atoms with Crippen LogP contribution in [-0.4, -0.2) is 36.9 Å². The maximum Gasteiger partial charge on any atom is 0.0474 e. The Balaban J connectivity index is 1.77. The van der Waals surface area contributed by atoms with Crippen LogP contribution in [0.2, 0.25) is 0 Å². The zero-order valence-electron chi connectivity index (χ0n) is 8.84. The summed E-state index contributed by atoms with van der Waals surface area (Å²) in [5.74, 6) is 0.518. The number of piperidine rings is 1. The summed E-state index contributed by atoms with van der Waals surface area (Å²) in [6, 6.07) is 1.27. The molecule has 0 amide bonds. The first-order valence-electron chi connectivity index (χ1n) is 5.98. The average molecular weight is 198 g/mol. The lowest BCUT2D eigenvalue weighted by atomic mass is 10.0. The van der Waals surface area contributed by atoms with E-state index in [1.54, 1.807) is 0 Å². The van der Waals surface area contributed by atoms with Crippen LogP contribution in [0, 0.1) is 5.92 Å². The third kappa shape index (κ3) is 2.47. The van der Waals surface area contributed by atoms with Crippen LogP contribution in [0.5, 0.6) is 0 Å². The molecule has 3 nitrogen and oxygen atoms in total. The van der Waals surface area contributed by atoms with Crippen molar-refractivity contribution in [2.75, 3.05) is 19.7 Å². The van der Waals surface area contributed by atoms with Gasteiger partial charge in [0.2, 0.25) is 0 Å². The molecule has 0 aromatic carbocycles. The number of rotatable bonds is 3. The van der Waals surface area contributed by atoms with Crippen LogP contribution in [0.1, 0.15) is 32.1 Å². The summed E-state index contributed by atoms with van der Waals surface area (Å²) < 4.78 is 0. The SMILES string of the molecule is OC[C@@H]1CCC[C@@H]1NC1CCNCC1. The van der Waals surface area contributed by atoms with Gasteiger partial charge in [-0.2, -0.15) is 0 Å². The third-order valence-electron chi connectivity index (χ3n) is 3.68.